The molecule has 30 heavy (non-hydrogen) atoms. The van der Waals surface area contributed by atoms with Crippen molar-refractivity contribution in [2.24, 2.45) is 0 Å². The molecule has 1 saturated heterocycles. The minimum Gasteiger partial charge on any atom is -0.452 e. The first-order valence-corrected chi connectivity index (χ1v) is 12.4. The molecule has 0 radical (unpaired) electrons. The lowest BCUT2D eigenvalue weighted by Crippen LogP contribution is -2.43. The standard InChI is InChI=1S/C21H29ClN2O5S/c1-2-24(17-8-4-3-5-9-17)20(25)15-29-21(26)16-10-11-18(22)19(14-16)30(27,28)23-12-6-7-13-23/h10-11,14,17H,2-9,12-13,15H2,1H3. The van der Waals surface area contributed by atoms with Gasteiger partial charge in [0.2, 0.25) is 10.0 Å². The fraction of sp³-hybridized carbons (Fsp3) is 0.619. The number of carbonyl (C=O) groups is 2. The summed E-state index contributed by atoms with van der Waals surface area (Å²) in [6.45, 7) is 3.01. The minimum absolute atomic E-state index is 0.0592. The summed E-state index contributed by atoms with van der Waals surface area (Å²) < 4.78 is 32.2. The Labute approximate surface area is 183 Å². The summed E-state index contributed by atoms with van der Waals surface area (Å²) in [6, 6.07) is 4.23. The maximum atomic E-state index is 12.8. The number of esters is 1. The van der Waals surface area contributed by atoms with Gasteiger partial charge in [0.25, 0.3) is 5.91 Å². The van der Waals surface area contributed by atoms with Gasteiger partial charge in [0, 0.05) is 25.7 Å². The second-order valence-corrected chi connectivity index (χ2v) is 10.1. The monoisotopic (exact) mass is 456 g/mol. The SMILES string of the molecule is CCN(C(=O)COC(=O)c1ccc(Cl)c(S(=O)(=O)N2CCCC2)c1)C1CCCCC1. The van der Waals surface area contributed by atoms with Crippen LogP contribution in [0.15, 0.2) is 23.1 Å². The average Bonchev–Trinajstić information content (AvgIpc) is 3.29. The Morgan fingerprint density at radius 1 is 1.13 bits per heavy atom. The van der Waals surface area contributed by atoms with Crippen LogP contribution in [0.3, 0.4) is 0 Å². The Kier molecular flexibility index (Phi) is 7.76. The number of rotatable bonds is 7. The molecule has 1 aliphatic carbocycles. The van der Waals surface area contributed by atoms with E-state index in [0.717, 1.165) is 38.5 Å². The van der Waals surface area contributed by atoms with Gasteiger partial charge in [0.15, 0.2) is 6.61 Å². The average molecular weight is 457 g/mol. The quantitative estimate of drug-likeness (QED) is 0.586. The molecule has 0 spiro atoms. The maximum absolute atomic E-state index is 12.8. The van der Waals surface area contributed by atoms with E-state index in [0.29, 0.717) is 19.6 Å². The fourth-order valence-electron chi connectivity index (χ4n) is 4.22. The maximum Gasteiger partial charge on any atom is 0.338 e. The molecule has 1 saturated carbocycles. The lowest BCUT2D eigenvalue weighted by Gasteiger charge is -2.33. The van der Waals surface area contributed by atoms with Crippen LogP contribution in [0.2, 0.25) is 5.02 Å². The molecule has 0 aromatic heterocycles. The van der Waals surface area contributed by atoms with E-state index in [1.54, 1.807) is 4.90 Å². The molecular formula is C21H29ClN2O5S. The van der Waals surface area contributed by atoms with Gasteiger partial charge in [0.1, 0.15) is 4.90 Å². The molecule has 0 atom stereocenters. The Hall–Kier alpha value is -1.64. The number of sulfonamides is 1. The predicted molar refractivity (Wildman–Crippen MR) is 114 cm³/mol. The van der Waals surface area contributed by atoms with E-state index in [2.05, 4.69) is 0 Å². The van der Waals surface area contributed by atoms with Crippen molar-refractivity contribution in [1.82, 2.24) is 9.21 Å². The third-order valence-electron chi connectivity index (χ3n) is 5.85. The normalized spacial score (nSPS) is 18.3. The van der Waals surface area contributed by atoms with Crippen LogP contribution >= 0.6 is 11.6 Å². The van der Waals surface area contributed by atoms with Crippen LogP contribution in [0.25, 0.3) is 0 Å². The Morgan fingerprint density at radius 2 is 1.80 bits per heavy atom. The zero-order valence-electron chi connectivity index (χ0n) is 17.3. The summed E-state index contributed by atoms with van der Waals surface area (Å²) in [5.41, 5.74) is 0.0608. The first kappa shape index (κ1) is 23.0. The Morgan fingerprint density at radius 3 is 2.43 bits per heavy atom. The zero-order valence-corrected chi connectivity index (χ0v) is 18.9. The van der Waals surface area contributed by atoms with Crippen molar-refractivity contribution in [3.8, 4) is 0 Å². The number of halogens is 1. The third kappa shape index (κ3) is 5.15. The smallest absolute Gasteiger partial charge is 0.338 e. The molecule has 1 amide bonds. The first-order chi connectivity index (χ1) is 14.3. The van der Waals surface area contributed by atoms with Gasteiger partial charge in [0.05, 0.1) is 10.6 Å². The molecule has 7 nitrogen and oxygen atoms in total. The van der Waals surface area contributed by atoms with Gasteiger partial charge in [-0.1, -0.05) is 30.9 Å². The number of likely N-dealkylation sites (N-methyl/N-ethyl adjacent to an activating group) is 1. The van der Waals surface area contributed by atoms with E-state index < -0.39 is 16.0 Å². The number of amides is 1. The largest absolute Gasteiger partial charge is 0.452 e. The van der Waals surface area contributed by atoms with Crippen molar-refractivity contribution in [1.29, 1.82) is 0 Å². The molecule has 0 bridgehead atoms. The summed E-state index contributed by atoms with van der Waals surface area (Å²) in [6.07, 6.45) is 6.95. The van der Waals surface area contributed by atoms with Crippen molar-refractivity contribution >= 4 is 33.5 Å². The molecule has 0 unspecified atom stereocenters. The molecule has 2 fully saturated rings. The van der Waals surface area contributed by atoms with Crippen LogP contribution < -0.4 is 0 Å². The van der Waals surface area contributed by atoms with E-state index in [4.69, 9.17) is 16.3 Å². The minimum atomic E-state index is -3.77. The van der Waals surface area contributed by atoms with Crippen LogP contribution in [0.1, 0.15) is 62.2 Å². The molecule has 0 N–H and O–H groups in total. The molecule has 9 heteroatoms. The van der Waals surface area contributed by atoms with Gasteiger partial charge in [-0.3, -0.25) is 4.79 Å². The second kappa shape index (κ2) is 10.1. The van der Waals surface area contributed by atoms with Crippen LogP contribution in [-0.4, -0.2) is 61.8 Å². The number of nitrogens with zero attached hydrogens (tertiary/aromatic N) is 2. The fourth-order valence-corrected chi connectivity index (χ4v) is 6.24. The zero-order chi connectivity index (χ0) is 21.7. The summed E-state index contributed by atoms with van der Waals surface area (Å²) >= 11 is 6.12. The number of hydrogen-bond donors (Lipinski definition) is 0. The van der Waals surface area contributed by atoms with E-state index in [9.17, 15) is 18.0 Å². The third-order valence-corrected chi connectivity index (χ3v) is 8.23. The lowest BCUT2D eigenvalue weighted by atomic mass is 9.94. The molecule has 166 valence electrons. The molecular weight excluding hydrogens is 428 g/mol. The highest BCUT2D eigenvalue weighted by molar-refractivity contribution is 7.89. The summed E-state index contributed by atoms with van der Waals surface area (Å²) in [5.74, 6) is -0.964. The number of ether oxygens (including phenoxy) is 1. The van der Waals surface area contributed by atoms with Gasteiger partial charge in [-0.25, -0.2) is 13.2 Å². The van der Waals surface area contributed by atoms with Crippen LogP contribution in [0, 0.1) is 0 Å². The van der Waals surface area contributed by atoms with E-state index >= 15 is 0 Å². The van der Waals surface area contributed by atoms with Gasteiger partial charge in [-0.2, -0.15) is 4.31 Å². The summed E-state index contributed by atoms with van der Waals surface area (Å²) in [7, 11) is -3.77. The van der Waals surface area contributed by atoms with Gasteiger partial charge >= 0.3 is 5.97 Å². The molecule has 2 aliphatic rings. The van der Waals surface area contributed by atoms with E-state index in [-0.39, 0.29) is 34.0 Å². The highest BCUT2D eigenvalue weighted by Gasteiger charge is 2.30. The first-order valence-electron chi connectivity index (χ1n) is 10.6. The van der Waals surface area contributed by atoms with Crippen LogP contribution in [-0.2, 0) is 19.6 Å². The van der Waals surface area contributed by atoms with Gasteiger partial charge in [-0.05, 0) is 50.8 Å². The van der Waals surface area contributed by atoms with Crippen molar-refractivity contribution < 1.29 is 22.7 Å². The molecule has 1 aliphatic heterocycles. The highest BCUT2D eigenvalue weighted by Crippen LogP contribution is 2.28. The second-order valence-electron chi connectivity index (χ2n) is 7.80. The number of carbonyl (C=O) groups excluding carboxylic acids is 2. The molecule has 1 heterocycles. The summed E-state index contributed by atoms with van der Waals surface area (Å²) in [5, 5.41) is 0.0592. The van der Waals surface area contributed by atoms with E-state index in [1.165, 1.54) is 28.9 Å². The molecule has 1 aromatic carbocycles. The van der Waals surface area contributed by atoms with Crippen molar-refractivity contribution in [3.05, 3.63) is 28.8 Å². The van der Waals surface area contributed by atoms with Gasteiger partial charge in [-0.15, -0.1) is 0 Å². The van der Waals surface area contributed by atoms with Crippen molar-refractivity contribution in [3.63, 3.8) is 0 Å². The predicted octanol–water partition coefficient (Wildman–Crippen LogP) is 3.46. The molecule has 3 rings (SSSR count). The van der Waals surface area contributed by atoms with E-state index in [1.807, 2.05) is 6.92 Å². The number of hydrogen-bond acceptors (Lipinski definition) is 5. The Balaban J connectivity index is 1.67. The Bertz CT molecular complexity index is 877. The molecule has 1 aromatic rings. The number of benzene rings is 1. The van der Waals surface area contributed by atoms with Crippen molar-refractivity contribution in [2.75, 3.05) is 26.2 Å². The van der Waals surface area contributed by atoms with Crippen LogP contribution in [0.4, 0.5) is 0 Å². The highest BCUT2D eigenvalue weighted by atomic mass is 35.5. The van der Waals surface area contributed by atoms with Gasteiger partial charge < -0.3 is 9.64 Å². The lowest BCUT2D eigenvalue weighted by molar-refractivity contribution is -0.137. The summed E-state index contributed by atoms with van der Waals surface area (Å²) in [4.78, 5) is 26.8. The topological polar surface area (TPSA) is 84.0 Å². The van der Waals surface area contributed by atoms with Crippen molar-refractivity contribution in [2.45, 2.75) is 62.8 Å². The van der Waals surface area contributed by atoms with Crippen LogP contribution in [0.5, 0.6) is 0 Å².